The summed E-state index contributed by atoms with van der Waals surface area (Å²) in [6.07, 6.45) is 9.02. The molecule has 2 aliphatic carbocycles. The van der Waals surface area contributed by atoms with Crippen LogP contribution in [-0.2, 0) is 4.79 Å². The SMILES string of the molecule is CC(=O)C1(C2CCCC2)CCC1. The fourth-order valence-corrected chi connectivity index (χ4v) is 3.08. The molecule has 0 bridgehead atoms. The molecule has 0 heterocycles. The standard InChI is InChI=1S/C11H18O/c1-9(12)11(7-4-8-11)10-5-2-3-6-10/h10H,2-8H2,1H3. The van der Waals surface area contributed by atoms with Gasteiger partial charge in [0.15, 0.2) is 0 Å². The summed E-state index contributed by atoms with van der Waals surface area (Å²) in [5, 5.41) is 0. The molecule has 1 nitrogen and oxygen atoms in total. The van der Waals surface area contributed by atoms with E-state index in [0.29, 0.717) is 5.78 Å². The number of Topliss-reactive ketones (excluding diaryl/α,β-unsaturated/α-hetero) is 1. The van der Waals surface area contributed by atoms with Crippen LogP contribution >= 0.6 is 0 Å². The third-order valence-electron chi connectivity index (χ3n) is 4.08. The van der Waals surface area contributed by atoms with Crippen LogP contribution in [0.3, 0.4) is 0 Å². The summed E-state index contributed by atoms with van der Waals surface area (Å²) in [5.41, 5.74) is 0.163. The normalized spacial score (nSPS) is 28.4. The van der Waals surface area contributed by atoms with Gasteiger partial charge in [0.05, 0.1) is 0 Å². The number of hydrogen-bond acceptors (Lipinski definition) is 1. The maximum Gasteiger partial charge on any atom is 0.136 e. The molecule has 0 N–H and O–H groups in total. The van der Waals surface area contributed by atoms with Crippen molar-refractivity contribution in [2.75, 3.05) is 0 Å². The van der Waals surface area contributed by atoms with Gasteiger partial charge in [-0.3, -0.25) is 4.79 Å². The monoisotopic (exact) mass is 166 g/mol. The summed E-state index contributed by atoms with van der Waals surface area (Å²) in [4.78, 5) is 11.5. The Morgan fingerprint density at radius 3 is 2.08 bits per heavy atom. The molecule has 2 aliphatic rings. The van der Waals surface area contributed by atoms with Gasteiger partial charge in [-0.15, -0.1) is 0 Å². The van der Waals surface area contributed by atoms with Crippen molar-refractivity contribution in [3.05, 3.63) is 0 Å². The van der Waals surface area contributed by atoms with Gasteiger partial charge in [0.1, 0.15) is 5.78 Å². The molecule has 0 saturated heterocycles. The van der Waals surface area contributed by atoms with E-state index in [0.717, 1.165) is 5.92 Å². The van der Waals surface area contributed by atoms with Gasteiger partial charge in [-0.05, 0) is 38.5 Å². The Morgan fingerprint density at radius 1 is 1.17 bits per heavy atom. The maximum absolute atomic E-state index is 11.5. The van der Waals surface area contributed by atoms with Crippen LogP contribution in [0.15, 0.2) is 0 Å². The second kappa shape index (κ2) is 2.86. The van der Waals surface area contributed by atoms with E-state index >= 15 is 0 Å². The molecule has 2 fully saturated rings. The molecule has 0 aromatic heterocycles. The molecule has 0 amide bonds. The summed E-state index contributed by atoms with van der Waals surface area (Å²) >= 11 is 0. The Morgan fingerprint density at radius 2 is 1.75 bits per heavy atom. The number of ketones is 1. The summed E-state index contributed by atoms with van der Waals surface area (Å²) in [5.74, 6) is 1.23. The fourth-order valence-electron chi connectivity index (χ4n) is 3.08. The lowest BCUT2D eigenvalue weighted by Crippen LogP contribution is -2.42. The fraction of sp³-hybridized carbons (Fsp3) is 0.909. The topological polar surface area (TPSA) is 17.1 Å². The van der Waals surface area contributed by atoms with E-state index in [1.165, 1.54) is 44.9 Å². The van der Waals surface area contributed by atoms with E-state index in [4.69, 9.17) is 0 Å². The number of carbonyl (C=O) groups is 1. The average molecular weight is 166 g/mol. The Balaban J connectivity index is 2.10. The Hall–Kier alpha value is -0.330. The van der Waals surface area contributed by atoms with E-state index in [9.17, 15) is 4.79 Å². The first kappa shape index (κ1) is 8.28. The van der Waals surface area contributed by atoms with Crippen LogP contribution in [0.5, 0.6) is 0 Å². The van der Waals surface area contributed by atoms with Crippen LogP contribution in [0.25, 0.3) is 0 Å². The largest absolute Gasteiger partial charge is 0.299 e. The predicted molar refractivity (Wildman–Crippen MR) is 48.9 cm³/mol. The lowest BCUT2D eigenvalue weighted by atomic mass is 9.58. The van der Waals surface area contributed by atoms with Crippen molar-refractivity contribution in [1.29, 1.82) is 0 Å². The Bertz CT molecular complexity index is 185. The summed E-state index contributed by atoms with van der Waals surface area (Å²) in [6.45, 7) is 1.80. The molecule has 68 valence electrons. The Labute approximate surface area is 74.5 Å². The minimum Gasteiger partial charge on any atom is -0.299 e. The second-order valence-electron chi connectivity index (χ2n) is 4.55. The summed E-state index contributed by atoms with van der Waals surface area (Å²) in [7, 11) is 0. The van der Waals surface area contributed by atoms with E-state index in [-0.39, 0.29) is 5.41 Å². The van der Waals surface area contributed by atoms with Gasteiger partial charge >= 0.3 is 0 Å². The average Bonchev–Trinajstić information content (AvgIpc) is 2.35. The van der Waals surface area contributed by atoms with E-state index < -0.39 is 0 Å². The van der Waals surface area contributed by atoms with E-state index in [2.05, 4.69) is 0 Å². The second-order valence-corrected chi connectivity index (χ2v) is 4.55. The number of rotatable bonds is 2. The van der Waals surface area contributed by atoms with Gasteiger partial charge in [-0.2, -0.15) is 0 Å². The van der Waals surface area contributed by atoms with E-state index in [1.807, 2.05) is 0 Å². The molecule has 0 atom stereocenters. The minimum atomic E-state index is 0.163. The van der Waals surface area contributed by atoms with Gasteiger partial charge in [-0.1, -0.05) is 19.3 Å². The molecule has 2 rings (SSSR count). The van der Waals surface area contributed by atoms with Crippen molar-refractivity contribution in [3.63, 3.8) is 0 Å². The molecular weight excluding hydrogens is 148 g/mol. The molecule has 0 aromatic rings. The van der Waals surface area contributed by atoms with Crippen molar-refractivity contribution in [1.82, 2.24) is 0 Å². The zero-order chi connectivity index (χ0) is 8.60. The first-order valence-corrected chi connectivity index (χ1v) is 5.27. The van der Waals surface area contributed by atoms with Crippen LogP contribution in [0.2, 0.25) is 0 Å². The van der Waals surface area contributed by atoms with Crippen LogP contribution in [0.1, 0.15) is 51.9 Å². The molecule has 0 spiro atoms. The zero-order valence-electron chi connectivity index (χ0n) is 7.94. The van der Waals surface area contributed by atoms with E-state index in [1.54, 1.807) is 6.92 Å². The molecule has 12 heavy (non-hydrogen) atoms. The van der Waals surface area contributed by atoms with Crippen molar-refractivity contribution in [2.45, 2.75) is 51.9 Å². The van der Waals surface area contributed by atoms with Crippen LogP contribution < -0.4 is 0 Å². The number of carbonyl (C=O) groups excluding carboxylic acids is 1. The summed E-state index contributed by atoms with van der Waals surface area (Å²) in [6, 6.07) is 0. The third-order valence-corrected chi connectivity index (χ3v) is 4.08. The molecule has 0 aromatic carbocycles. The van der Waals surface area contributed by atoms with Gasteiger partial charge in [0, 0.05) is 5.41 Å². The molecule has 0 aliphatic heterocycles. The van der Waals surface area contributed by atoms with Crippen molar-refractivity contribution in [2.24, 2.45) is 11.3 Å². The van der Waals surface area contributed by atoms with Gasteiger partial charge in [0.2, 0.25) is 0 Å². The highest BCUT2D eigenvalue weighted by Gasteiger charge is 2.48. The predicted octanol–water partition coefficient (Wildman–Crippen LogP) is 2.94. The quantitative estimate of drug-likeness (QED) is 0.616. The highest BCUT2D eigenvalue weighted by molar-refractivity contribution is 5.83. The summed E-state index contributed by atoms with van der Waals surface area (Å²) < 4.78 is 0. The van der Waals surface area contributed by atoms with Gasteiger partial charge in [-0.25, -0.2) is 0 Å². The Kier molecular flexibility index (Phi) is 1.97. The van der Waals surface area contributed by atoms with Gasteiger partial charge < -0.3 is 0 Å². The lowest BCUT2D eigenvalue weighted by Gasteiger charge is -2.44. The lowest BCUT2D eigenvalue weighted by molar-refractivity contribution is -0.135. The van der Waals surface area contributed by atoms with Crippen LogP contribution in [-0.4, -0.2) is 5.78 Å². The van der Waals surface area contributed by atoms with Crippen LogP contribution in [0.4, 0.5) is 0 Å². The maximum atomic E-state index is 11.5. The number of hydrogen-bond donors (Lipinski definition) is 0. The smallest absolute Gasteiger partial charge is 0.136 e. The zero-order valence-corrected chi connectivity index (χ0v) is 7.94. The molecule has 0 radical (unpaired) electrons. The molecule has 2 saturated carbocycles. The van der Waals surface area contributed by atoms with Crippen molar-refractivity contribution >= 4 is 5.78 Å². The molecule has 0 unspecified atom stereocenters. The van der Waals surface area contributed by atoms with Crippen molar-refractivity contribution in [3.8, 4) is 0 Å². The first-order chi connectivity index (χ1) is 5.76. The third kappa shape index (κ3) is 1.02. The van der Waals surface area contributed by atoms with Crippen LogP contribution in [0, 0.1) is 11.3 Å². The molecule has 1 heteroatoms. The minimum absolute atomic E-state index is 0.163. The molecular formula is C11H18O. The first-order valence-electron chi connectivity index (χ1n) is 5.27. The van der Waals surface area contributed by atoms with Gasteiger partial charge in [0.25, 0.3) is 0 Å². The highest BCUT2D eigenvalue weighted by atomic mass is 16.1. The highest BCUT2D eigenvalue weighted by Crippen LogP contribution is 2.53. The van der Waals surface area contributed by atoms with Crippen molar-refractivity contribution < 1.29 is 4.79 Å².